The first-order valence-corrected chi connectivity index (χ1v) is 19.6. The molecule has 3 aromatic carbocycles. The van der Waals surface area contributed by atoms with E-state index in [-0.39, 0.29) is 11.1 Å². The first kappa shape index (κ1) is 34.2. The summed E-state index contributed by atoms with van der Waals surface area (Å²) < 4.78 is 6.63. The van der Waals surface area contributed by atoms with Crippen LogP contribution in [0.5, 0.6) is 0 Å². The second kappa shape index (κ2) is 15.9. The maximum atomic E-state index is 12.5. The first-order chi connectivity index (χ1) is 20.0. The Balaban J connectivity index is 2.01. The summed E-state index contributed by atoms with van der Waals surface area (Å²) in [5.41, 5.74) is 3.64. The SMILES string of the molecule is CCCCCCC[C@H](C[C@@H](CSC(c1ccccc1)(c1ccccc1)c1ccccc1)O[Si](C)(C)C(C)(C)C)C(=O)O. The largest absolute Gasteiger partial charge is 0.481 e. The summed E-state index contributed by atoms with van der Waals surface area (Å²) >= 11 is 1.88. The molecule has 0 spiro atoms. The number of thioether (sulfide) groups is 1. The van der Waals surface area contributed by atoms with E-state index in [1.165, 1.54) is 36.0 Å². The highest BCUT2D eigenvalue weighted by Crippen LogP contribution is 2.49. The molecular formula is C37H52O3SSi. The molecule has 3 nitrogen and oxygen atoms in total. The third kappa shape index (κ3) is 9.08. The van der Waals surface area contributed by atoms with Gasteiger partial charge in [-0.05, 0) is 47.7 Å². The molecule has 0 aromatic heterocycles. The molecule has 0 saturated heterocycles. The molecule has 0 fully saturated rings. The Hall–Kier alpha value is -2.34. The van der Waals surface area contributed by atoms with Crippen LogP contribution in [-0.2, 0) is 14.0 Å². The Morgan fingerprint density at radius 2 is 1.24 bits per heavy atom. The van der Waals surface area contributed by atoms with Gasteiger partial charge in [0.15, 0.2) is 8.32 Å². The number of carboxylic acids is 1. The molecule has 0 radical (unpaired) electrons. The smallest absolute Gasteiger partial charge is 0.306 e. The number of aliphatic carboxylic acids is 1. The Kier molecular flexibility index (Phi) is 13.0. The van der Waals surface area contributed by atoms with Gasteiger partial charge >= 0.3 is 5.97 Å². The van der Waals surface area contributed by atoms with Gasteiger partial charge in [-0.3, -0.25) is 4.79 Å². The minimum atomic E-state index is -2.16. The normalized spacial score (nSPS) is 14.0. The van der Waals surface area contributed by atoms with Gasteiger partial charge in [0.1, 0.15) is 0 Å². The van der Waals surface area contributed by atoms with E-state index in [0.29, 0.717) is 18.6 Å². The van der Waals surface area contributed by atoms with E-state index in [4.69, 9.17) is 4.43 Å². The van der Waals surface area contributed by atoms with Crippen LogP contribution in [0, 0.1) is 5.92 Å². The fourth-order valence-electron chi connectivity index (χ4n) is 5.38. The van der Waals surface area contributed by atoms with Crippen molar-refractivity contribution in [2.75, 3.05) is 5.75 Å². The van der Waals surface area contributed by atoms with Gasteiger partial charge in [-0.25, -0.2) is 0 Å². The van der Waals surface area contributed by atoms with Crippen molar-refractivity contribution in [3.63, 3.8) is 0 Å². The van der Waals surface area contributed by atoms with Crippen LogP contribution in [0.25, 0.3) is 0 Å². The minimum Gasteiger partial charge on any atom is -0.481 e. The lowest BCUT2D eigenvalue weighted by Gasteiger charge is -2.41. The van der Waals surface area contributed by atoms with Crippen LogP contribution in [0.4, 0.5) is 0 Å². The van der Waals surface area contributed by atoms with Crippen molar-refractivity contribution in [3.05, 3.63) is 108 Å². The molecule has 3 aromatic rings. The maximum Gasteiger partial charge on any atom is 0.306 e. The summed E-state index contributed by atoms with van der Waals surface area (Å²) in [7, 11) is -2.16. The highest BCUT2D eigenvalue weighted by Gasteiger charge is 2.42. The highest BCUT2D eigenvalue weighted by atomic mass is 32.2. The third-order valence-corrected chi connectivity index (χ3v) is 15.1. The van der Waals surface area contributed by atoms with Gasteiger partial charge in [0.05, 0.1) is 16.8 Å². The zero-order chi connectivity index (χ0) is 30.6. The van der Waals surface area contributed by atoms with E-state index in [0.717, 1.165) is 12.8 Å². The Morgan fingerprint density at radius 1 is 0.786 bits per heavy atom. The summed E-state index contributed by atoms with van der Waals surface area (Å²) in [4.78, 5) is 12.5. The third-order valence-electron chi connectivity index (χ3n) is 8.85. The number of rotatable bonds is 17. The Labute approximate surface area is 260 Å². The summed E-state index contributed by atoms with van der Waals surface area (Å²) in [5.74, 6) is -0.397. The molecule has 5 heteroatoms. The molecule has 0 aliphatic rings. The molecular weight excluding hydrogens is 553 g/mol. The molecule has 0 heterocycles. The van der Waals surface area contributed by atoms with Crippen molar-refractivity contribution in [2.45, 2.75) is 102 Å². The van der Waals surface area contributed by atoms with Gasteiger partial charge in [-0.1, -0.05) is 151 Å². The van der Waals surface area contributed by atoms with Crippen LogP contribution in [0.15, 0.2) is 91.0 Å². The average Bonchev–Trinajstić information content (AvgIpc) is 2.97. The van der Waals surface area contributed by atoms with E-state index in [2.05, 4.69) is 132 Å². The lowest BCUT2D eigenvalue weighted by Crippen LogP contribution is -2.45. The Bertz CT molecular complexity index is 1100. The Morgan fingerprint density at radius 3 is 1.64 bits per heavy atom. The molecule has 0 aliphatic carbocycles. The number of unbranched alkanes of at least 4 members (excludes halogenated alkanes) is 4. The van der Waals surface area contributed by atoms with Crippen LogP contribution in [0.2, 0.25) is 18.1 Å². The zero-order valence-corrected chi connectivity index (χ0v) is 28.5. The van der Waals surface area contributed by atoms with Crippen molar-refractivity contribution in [1.82, 2.24) is 0 Å². The maximum absolute atomic E-state index is 12.5. The second-order valence-corrected chi connectivity index (χ2v) is 19.1. The quantitative estimate of drug-likeness (QED) is 0.0946. The predicted octanol–water partition coefficient (Wildman–Crippen LogP) is 10.6. The van der Waals surface area contributed by atoms with Gasteiger partial charge in [0.2, 0.25) is 0 Å². The van der Waals surface area contributed by atoms with E-state index in [9.17, 15) is 9.90 Å². The van der Waals surface area contributed by atoms with Gasteiger partial charge in [0.25, 0.3) is 0 Å². The number of carbonyl (C=O) groups is 1. The lowest BCUT2D eigenvalue weighted by atomic mass is 9.84. The van der Waals surface area contributed by atoms with Gasteiger partial charge in [0, 0.05) is 5.75 Å². The summed E-state index contributed by atoms with van der Waals surface area (Å²) in [6.45, 7) is 13.5. The summed E-state index contributed by atoms with van der Waals surface area (Å²) in [6.07, 6.45) is 6.72. The second-order valence-electron chi connectivity index (χ2n) is 13.1. The fourth-order valence-corrected chi connectivity index (χ4v) is 8.42. The van der Waals surface area contributed by atoms with E-state index >= 15 is 0 Å². The number of carboxylic acid groups (broad SMARTS) is 1. The van der Waals surface area contributed by atoms with E-state index in [1.807, 2.05) is 11.8 Å². The number of hydrogen-bond donors (Lipinski definition) is 1. The van der Waals surface area contributed by atoms with Gasteiger partial charge in [-0.2, -0.15) is 0 Å². The topological polar surface area (TPSA) is 46.5 Å². The number of benzene rings is 3. The van der Waals surface area contributed by atoms with Gasteiger partial charge < -0.3 is 9.53 Å². The van der Waals surface area contributed by atoms with Crippen LogP contribution in [-0.4, -0.2) is 31.3 Å². The molecule has 0 amide bonds. The molecule has 1 N–H and O–H groups in total. The van der Waals surface area contributed by atoms with Crippen LogP contribution in [0.3, 0.4) is 0 Å². The van der Waals surface area contributed by atoms with Crippen LogP contribution in [0.1, 0.15) is 89.3 Å². The van der Waals surface area contributed by atoms with Crippen molar-refractivity contribution >= 4 is 26.0 Å². The monoisotopic (exact) mass is 604 g/mol. The highest BCUT2D eigenvalue weighted by molar-refractivity contribution is 8.00. The van der Waals surface area contributed by atoms with Crippen molar-refractivity contribution in [1.29, 1.82) is 0 Å². The van der Waals surface area contributed by atoms with Crippen LogP contribution >= 0.6 is 11.8 Å². The van der Waals surface area contributed by atoms with Crippen LogP contribution < -0.4 is 0 Å². The molecule has 3 rings (SSSR count). The van der Waals surface area contributed by atoms with E-state index < -0.39 is 25.0 Å². The zero-order valence-electron chi connectivity index (χ0n) is 26.6. The molecule has 0 bridgehead atoms. The van der Waals surface area contributed by atoms with Crippen molar-refractivity contribution in [2.24, 2.45) is 5.92 Å². The first-order valence-electron chi connectivity index (χ1n) is 15.7. The molecule has 228 valence electrons. The van der Waals surface area contributed by atoms with Gasteiger partial charge in [-0.15, -0.1) is 11.8 Å². The summed E-state index contributed by atoms with van der Waals surface area (Å²) in [5, 5.41) is 10.3. The molecule has 0 unspecified atom stereocenters. The average molecular weight is 605 g/mol. The van der Waals surface area contributed by atoms with Crippen molar-refractivity contribution in [3.8, 4) is 0 Å². The lowest BCUT2D eigenvalue weighted by molar-refractivity contribution is -0.143. The molecule has 0 saturated carbocycles. The predicted molar refractivity (Wildman–Crippen MR) is 183 cm³/mol. The molecule has 0 aliphatic heterocycles. The fraction of sp³-hybridized carbons (Fsp3) is 0.486. The van der Waals surface area contributed by atoms with Crippen molar-refractivity contribution < 1.29 is 14.3 Å². The molecule has 42 heavy (non-hydrogen) atoms. The standard InChI is InChI=1S/C37H52O3SSi/c1-7-8-9-10-14-21-30(35(38)39)28-34(40-42(5,6)36(2,3)4)29-41-37(31-22-15-11-16-23-31,32-24-17-12-18-25-32)33-26-19-13-20-27-33/h11-13,15-20,22-27,30,34H,7-10,14,21,28-29H2,1-6H3,(H,38,39)/t30-,34+/m1/s1. The number of hydrogen-bond acceptors (Lipinski definition) is 3. The minimum absolute atomic E-state index is 0.0319. The van der Waals surface area contributed by atoms with E-state index in [1.54, 1.807) is 0 Å². The summed E-state index contributed by atoms with van der Waals surface area (Å²) in [6, 6.07) is 32.2. The molecule has 2 atom stereocenters.